The normalized spacial score (nSPS) is 18.4. The molecule has 0 saturated heterocycles. The minimum Gasteiger partial charge on any atom is -0.481 e. The molecule has 0 bridgehead atoms. The first kappa shape index (κ1) is 12.7. The maximum absolute atomic E-state index is 14.4. The molecule has 6 heteroatoms. The molecular formula is C13H12BrFO4. The predicted molar refractivity (Wildman–Crippen MR) is 67.9 cm³/mol. The second kappa shape index (κ2) is 4.67. The molecule has 1 saturated carbocycles. The van der Waals surface area contributed by atoms with Gasteiger partial charge in [-0.25, -0.2) is 4.39 Å². The molecule has 1 fully saturated rings. The van der Waals surface area contributed by atoms with Crippen molar-refractivity contribution in [3.05, 3.63) is 21.9 Å². The van der Waals surface area contributed by atoms with Crippen LogP contribution in [0.2, 0.25) is 0 Å². The van der Waals surface area contributed by atoms with Crippen molar-refractivity contribution >= 4 is 21.9 Å². The molecule has 1 aromatic carbocycles. The van der Waals surface area contributed by atoms with Crippen LogP contribution in [0.4, 0.5) is 4.39 Å². The minimum atomic E-state index is -0.927. The molecule has 0 aromatic heterocycles. The van der Waals surface area contributed by atoms with Crippen LogP contribution in [0.1, 0.15) is 30.7 Å². The van der Waals surface area contributed by atoms with Crippen LogP contribution in [-0.2, 0) is 4.79 Å². The van der Waals surface area contributed by atoms with Gasteiger partial charge in [0.15, 0.2) is 11.5 Å². The first-order valence-corrected chi connectivity index (χ1v) is 6.86. The molecule has 3 rings (SSSR count). The monoisotopic (exact) mass is 330 g/mol. The van der Waals surface area contributed by atoms with Crippen molar-refractivity contribution in [3.8, 4) is 11.5 Å². The molecule has 1 aliphatic heterocycles. The maximum atomic E-state index is 14.4. The fourth-order valence-corrected chi connectivity index (χ4v) is 2.96. The Hall–Kier alpha value is -1.30. The van der Waals surface area contributed by atoms with Crippen LogP contribution in [-0.4, -0.2) is 17.9 Å². The summed E-state index contributed by atoms with van der Waals surface area (Å²) in [5.74, 6) is -0.678. The summed E-state index contributed by atoms with van der Waals surface area (Å²) < 4.78 is 25.2. The lowest BCUT2D eigenvalue weighted by Gasteiger charge is -2.18. The highest BCUT2D eigenvalue weighted by Gasteiger charge is 2.39. The second-order valence-electron chi connectivity index (χ2n) is 4.86. The highest BCUT2D eigenvalue weighted by atomic mass is 79.9. The molecule has 1 aromatic rings. The number of rotatable bonds is 4. The van der Waals surface area contributed by atoms with E-state index in [1.165, 1.54) is 6.07 Å². The SMILES string of the molecule is O=C(O)CC(c1c(F)c(Br)cc2c1OCO2)C1CC1. The van der Waals surface area contributed by atoms with E-state index in [-0.39, 0.29) is 29.5 Å². The molecule has 2 aliphatic rings. The third-order valence-electron chi connectivity index (χ3n) is 3.55. The number of hydrogen-bond donors (Lipinski definition) is 1. The lowest BCUT2D eigenvalue weighted by molar-refractivity contribution is -0.137. The van der Waals surface area contributed by atoms with Crippen LogP contribution < -0.4 is 9.47 Å². The molecule has 1 unspecified atom stereocenters. The number of hydrogen-bond acceptors (Lipinski definition) is 3. The lowest BCUT2D eigenvalue weighted by Crippen LogP contribution is -2.11. The molecule has 1 aliphatic carbocycles. The van der Waals surface area contributed by atoms with Gasteiger partial charge in [0.1, 0.15) is 5.82 Å². The second-order valence-corrected chi connectivity index (χ2v) is 5.72. The van der Waals surface area contributed by atoms with Crippen LogP contribution in [0.15, 0.2) is 10.5 Å². The lowest BCUT2D eigenvalue weighted by atomic mass is 9.89. The van der Waals surface area contributed by atoms with Crippen molar-refractivity contribution in [1.29, 1.82) is 0 Å². The van der Waals surface area contributed by atoms with E-state index in [1.54, 1.807) is 0 Å². The van der Waals surface area contributed by atoms with Crippen molar-refractivity contribution in [2.75, 3.05) is 6.79 Å². The van der Waals surface area contributed by atoms with Gasteiger partial charge in [-0.3, -0.25) is 4.79 Å². The quantitative estimate of drug-likeness (QED) is 0.920. The molecule has 19 heavy (non-hydrogen) atoms. The van der Waals surface area contributed by atoms with Gasteiger partial charge in [-0.2, -0.15) is 0 Å². The molecule has 1 atom stereocenters. The molecule has 1 N–H and O–H groups in total. The van der Waals surface area contributed by atoms with Crippen LogP contribution in [0, 0.1) is 11.7 Å². The minimum absolute atomic E-state index is 0.0443. The molecular weight excluding hydrogens is 319 g/mol. The largest absolute Gasteiger partial charge is 0.481 e. The summed E-state index contributed by atoms with van der Waals surface area (Å²) in [6.07, 6.45) is 1.77. The first-order chi connectivity index (χ1) is 9.08. The highest BCUT2D eigenvalue weighted by Crippen LogP contribution is 2.52. The number of benzene rings is 1. The van der Waals surface area contributed by atoms with E-state index in [1.807, 2.05) is 0 Å². The van der Waals surface area contributed by atoms with Gasteiger partial charge in [-0.05, 0) is 34.7 Å². The maximum Gasteiger partial charge on any atom is 0.303 e. The van der Waals surface area contributed by atoms with Crippen molar-refractivity contribution in [2.45, 2.75) is 25.2 Å². The Morgan fingerprint density at radius 1 is 1.53 bits per heavy atom. The summed E-state index contributed by atoms with van der Waals surface area (Å²) in [5.41, 5.74) is 0.340. The standard InChI is InChI=1S/C13H12BrFO4/c14-8-4-9-13(19-5-18-9)11(12(8)15)7(3-10(16)17)6-1-2-6/h4,6-7H,1-3,5H2,(H,16,17). The Labute approximate surface area is 117 Å². The zero-order valence-electron chi connectivity index (χ0n) is 9.99. The number of fused-ring (bicyclic) bond motifs is 1. The Morgan fingerprint density at radius 2 is 2.26 bits per heavy atom. The summed E-state index contributed by atoms with van der Waals surface area (Å²) in [4.78, 5) is 11.0. The molecule has 0 radical (unpaired) electrons. The molecule has 1 heterocycles. The number of carbonyl (C=O) groups is 1. The Morgan fingerprint density at radius 3 is 2.89 bits per heavy atom. The van der Waals surface area contributed by atoms with E-state index < -0.39 is 11.8 Å². The van der Waals surface area contributed by atoms with Crippen molar-refractivity contribution < 1.29 is 23.8 Å². The zero-order chi connectivity index (χ0) is 13.6. The number of carboxylic acids is 1. The Balaban J connectivity index is 2.09. The van der Waals surface area contributed by atoms with E-state index in [0.29, 0.717) is 17.1 Å². The molecule has 0 spiro atoms. The first-order valence-electron chi connectivity index (χ1n) is 6.07. The highest BCUT2D eigenvalue weighted by molar-refractivity contribution is 9.10. The number of halogens is 2. The van der Waals surface area contributed by atoms with E-state index >= 15 is 0 Å². The van der Waals surface area contributed by atoms with Gasteiger partial charge in [-0.1, -0.05) is 0 Å². The molecule has 0 amide bonds. The van der Waals surface area contributed by atoms with Gasteiger partial charge in [0.2, 0.25) is 6.79 Å². The van der Waals surface area contributed by atoms with E-state index in [4.69, 9.17) is 14.6 Å². The summed E-state index contributed by atoms with van der Waals surface area (Å²) in [5, 5.41) is 9.02. The molecule has 102 valence electrons. The fraction of sp³-hybridized carbons (Fsp3) is 0.462. The van der Waals surface area contributed by atoms with Crippen LogP contribution in [0.3, 0.4) is 0 Å². The van der Waals surface area contributed by atoms with E-state index in [9.17, 15) is 9.18 Å². The average molecular weight is 331 g/mol. The number of ether oxygens (including phenoxy) is 2. The molecule has 4 nitrogen and oxygen atoms in total. The summed E-state index contributed by atoms with van der Waals surface area (Å²) in [6, 6.07) is 1.52. The number of carboxylic acid groups (broad SMARTS) is 1. The van der Waals surface area contributed by atoms with Gasteiger partial charge in [0.25, 0.3) is 0 Å². The fourth-order valence-electron chi connectivity index (χ4n) is 2.54. The van der Waals surface area contributed by atoms with Gasteiger partial charge >= 0.3 is 5.97 Å². The summed E-state index contributed by atoms with van der Waals surface area (Å²) >= 11 is 3.15. The number of aliphatic carboxylic acids is 1. The third-order valence-corrected chi connectivity index (χ3v) is 4.12. The van der Waals surface area contributed by atoms with Crippen molar-refractivity contribution in [1.82, 2.24) is 0 Å². The van der Waals surface area contributed by atoms with Gasteiger partial charge in [0, 0.05) is 17.5 Å². The van der Waals surface area contributed by atoms with Crippen LogP contribution >= 0.6 is 15.9 Å². The Bertz CT molecular complexity index is 542. The zero-order valence-corrected chi connectivity index (χ0v) is 11.6. The summed E-state index contributed by atoms with van der Waals surface area (Å²) in [7, 11) is 0. The topological polar surface area (TPSA) is 55.8 Å². The predicted octanol–water partition coefficient (Wildman–Crippen LogP) is 3.29. The average Bonchev–Trinajstić information content (AvgIpc) is 3.09. The third kappa shape index (κ3) is 2.29. The van der Waals surface area contributed by atoms with Gasteiger partial charge in [0.05, 0.1) is 10.9 Å². The summed E-state index contributed by atoms with van der Waals surface area (Å²) in [6.45, 7) is 0.0443. The Kier molecular flexibility index (Phi) is 3.12. The van der Waals surface area contributed by atoms with E-state index in [0.717, 1.165) is 12.8 Å². The van der Waals surface area contributed by atoms with Crippen molar-refractivity contribution in [2.24, 2.45) is 5.92 Å². The van der Waals surface area contributed by atoms with E-state index in [2.05, 4.69) is 15.9 Å². The van der Waals surface area contributed by atoms with Gasteiger partial charge < -0.3 is 14.6 Å². The smallest absolute Gasteiger partial charge is 0.303 e. The van der Waals surface area contributed by atoms with Gasteiger partial charge in [-0.15, -0.1) is 0 Å². The van der Waals surface area contributed by atoms with Crippen LogP contribution in [0.5, 0.6) is 11.5 Å². The van der Waals surface area contributed by atoms with Crippen LogP contribution in [0.25, 0.3) is 0 Å². The van der Waals surface area contributed by atoms with Crippen molar-refractivity contribution in [3.63, 3.8) is 0 Å².